The molecule has 3 rings (SSSR count). The van der Waals surface area contributed by atoms with E-state index in [0.29, 0.717) is 25.5 Å². The van der Waals surface area contributed by atoms with Crippen molar-refractivity contribution in [1.29, 1.82) is 0 Å². The fraction of sp³-hybridized carbons (Fsp3) is 0.400. The Morgan fingerprint density at radius 1 is 1.17 bits per heavy atom. The van der Waals surface area contributed by atoms with Crippen LogP contribution in [0.4, 0.5) is 0 Å². The van der Waals surface area contributed by atoms with Crippen molar-refractivity contribution in [2.24, 2.45) is 0 Å². The summed E-state index contributed by atoms with van der Waals surface area (Å²) in [6.07, 6.45) is 4.28. The van der Waals surface area contributed by atoms with Gasteiger partial charge in [0.2, 0.25) is 0 Å². The molecule has 1 fully saturated rings. The summed E-state index contributed by atoms with van der Waals surface area (Å²) >= 11 is 0. The van der Waals surface area contributed by atoms with Crippen molar-refractivity contribution in [3.8, 4) is 18.0 Å². The number of morpholine rings is 1. The maximum Gasteiger partial charge on any atom is 0.326 e. The summed E-state index contributed by atoms with van der Waals surface area (Å²) in [4.78, 5) is 26.6. The number of rotatable bonds is 10. The second-order valence-electron chi connectivity index (χ2n) is 6.37. The lowest BCUT2D eigenvalue weighted by Gasteiger charge is -2.32. The summed E-state index contributed by atoms with van der Waals surface area (Å²) in [5.74, 6) is 0.160. The van der Waals surface area contributed by atoms with E-state index in [0.717, 1.165) is 5.56 Å². The number of carbonyl (C=O) groups is 1. The highest BCUT2D eigenvalue weighted by Crippen LogP contribution is 2.18. The molecular formula is C20H24N4O6. The van der Waals surface area contributed by atoms with Crippen molar-refractivity contribution in [3.05, 3.63) is 49.0 Å². The number of furan rings is 1. The second-order valence-corrected chi connectivity index (χ2v) is 6.37. The molecule has 0 saturated carbocycles. The number of carbonyl (C=O) groups excluding carboxylic acids is 1. The zero-order valence-corrected chi connectivity index (χ0v) is 16.8. The molecule has 1 aliphatic heterocycles. The quantitative estimate of drug-likeness (QED) is 0.536. The van der Waals surface area contributed by atoms with Gasteiger partial charge >= 0.3 is 18.0 Å². The Labute approximate surface area is 174 Å². The van der Waals surface area contributed by atoms with Crippen molar-refractivity contribution in [2.45, 2.75) is 13.0 Å². The summed E-state index contributed by atoms with van der Waals surface area (Å²) in [6, 6.07) is 1.88. The van der Waals surface area contributed by atoms with Crippen LogP contribution in [0, 0.1) is 6.92 Å². The lowest BCUT2D eigenvalue weighted by atomic mass is 10.2. The minimum atomic E-state index is -0.357. The molecule has 2 aromatic heterocycles. The van der Waals surface area contributed by atoms with Crippen LogP contribution in [-0.4, -0.2) is 71.4 Å². The molecule has 1 amide bonds. The molecule has 30 heavy (non-hydrogen) atoms. The van der Waals surface area contributed by atoms with Crippen LogP contribution in [0.2, 0.25) is 0 Å². The molecule has 1 unspecified atom stereocenters. The zero-order chi connectivity index (χ0) is 21.3. The highest BCUT2D eigenvalue weighted by molar-refractivity contribution is 5.92. The highest BCUT2D eigenvalue weighted by atomic mass is 16.6. The molecule has 0 spiro atoms. The molecule has 1 atom stereocenters. The predicted molar refractivity (Wildman–Crippen MR) is 106 cm³/mol. The zero-order valence-electron chi connectivity index (χ0n) is 16.8. The molecule has 0 aliphatic carbocycles. The summed E-state index contributed by atoms with van der Waals surface area (Å²) in [6.45, 7) is 10.8. The van der Waals surface area contributed by atoms with E-state index in [-0.39, 0.29) is 49.9 Å². The fourth-order valence-corrected chi connectivity index (χ4v) is 2.69. The van der Waals surface area contributed by atoms with E-state index in [9.17, 15) is 4.79 Å². The van der Waals surface area contributed by atoms with Gasteiger partial charge in [-0.15, -0.1) is 15.0 Å². The number of hydrogen-bond acceptors (Lipinski definition) is 9. The van der Waals surface area contributed by atoms with Crippen LogP contribution in [0.25, 0.3) is 0 Å². The molecular weight excluding hydrogens is 392 g/mol. The molecule has 1 aliphatic rings. The van der Waals surface area contributed by atoms with Gasteiger partial charge in [0.25, 0.3) is 5.91 Å². The van der Waals surface area contributed by atoms with Gasteiger partial charge < -0.3 is 28.3 Å². The molecule has 0 N–H and O–H groups in total. The first kappa shape index (κ1) is 21.3. The van der Waals surface area contributed by atoms with Gasteiger partial charge in [-0.05, 0) is 13.0 Å². The van der Waals surface area contributed by atoms with Gasteiger partial charge in [0.15, 0.2) is 5.76 Å². The first-order valence-corrected chi connectivity index (χ1v) is 9.42. The van der Waals surface area contributed by atoms with Crippen LogP contribution in [0.5, 0.6) is 18.0 Å². The van der Waals surface area contributed by atoms with Crippen molar-refractivity contribution in [3.63, 3.8) is 0 Å². The Morgan fingerprint density at radius 2 is 1.80 bits per heavy atom. The SMILES string of the molecule is C=CCOc1nc(OCC=C)nc(OCC2CN(C(=O)c3occc3C)CCO2)n1. The Morgan fingerprint density at radius 3 is 2.37 bits per heavy atom. The predicted octanol–water partition coefficient (Wildman–Crippen LogP) is 1.82. The molecule has 10 heteroatoms. The largest absolute Gasteiger partial charge is 0.460 e. The van der Waals surface area contributed by atoms with Crippen molar-refractivity contribution in [1.82, 2.24) is 19.9 Å². The van der Waals surface area contributed by atoms with E-state index < -0.39 is 0 Å². The molecule has 3 heterocycles. The molecule has 1 saturated heterocycles. The Balaban J connectivity index is 1.62. The van der Waals surface area contributed by atoms with Gasteiger partial charge in [-0.2, -0.15) is 0 Å². The van der Waals surface area contributed by atoms with Crippen LogP contribution in [0.3, 0.4) is 0 Å². The third-order valence-electron chi connectivity index (χ3n) is 4.12. The van der Waals surface area contributed by atoms with E-state index in [1.807, 2.05) is 6.92 Å². The molecule has 0 radical (unpaired) electrons. The van der Waals surface area contributed by atoms with E-state index >= 15 is 0 Å². The number of hydrogen-bond donors (Lipinski definition) is 0. The number of aryl methyl sites for hydroxylation is 1. The minimum Gasteiger partial charge on any atom is -0.460 e. The summed E-state index contributed by atoms with van der Waals surface area (Å²) in [5, 5.41) is 0. The molecule has 10 nitrogen and oxygen atoms in total. The molecule has 0 bridgehead atoms. The molecule has 160 valence electrons. The smallest absolute Gasteiger partial charge is 0.326 e. The topological polar surface area (TPSA) is 109 Å². The lowest BCUT2D eigenvalue weighted by molar-refractivity contribution is -0.0422. The van der Waals surface area contributed by atoms with Crippen molar-refractivity contribution < 1.29 is 28.2 Å². The van der Waals surface area contributed by atoms with Gasteiger partial charge in [-0.1, -0.05) is 25.3 Å². The fourth-order valence-electron chi connectivity index (χ4n) is 2.69. The summed E-state index contributed by atoms with van der Waals surface area (Å²) < 4.78 is 27.4. The van der Waals surface area contributed by atoms with Gasteiger partial charge in [-0.3, -0.25) is 4.79 Å². The third-order valence-corrected chi connectivity index (χ3v) is 4.12. The normalized spacial score (nSPS) is 16.0. The Hall–Kier alpha value is -3.40. The number of nitrogens with zero attached hydrogens (tertiary/aromatic N) is 4. The van der Waals surface area contributed by atoms with Gasteiger partial charge in [0, 0.05) is 12.1 Å². The van der Waals surface area contributed by atoms with E-state index in [2.05, 4.69) is 28.1 Å². The summed E-state index contributed by atoms with van der Waals surface area (Å²) in [5.41, 5.74) is 0.795. The lowest BCUT2D eigenvalue weighted by Crippen LogP contribution is -2.47. The van der Waals surface area contributed by atoms with E-state index in [1.165, 1.54) is 6.26 Å². The number of amides is 1. The first-order valence-electron chi connectivity index (χ1n) is 9.42. The number of aromatic nitrogens is 3. The van der Waals surface area contributed by atoms with Gasteiger partial charge in [-0.25, -0.2) is 0 Å². The third kappa shape index (κ3) is 5.57. The molecule has 2 aromatic rings. The minimum absolute atomic E-state index is 0.0250. The first-order chi connectivity index (χ1) is 14.6. The van der Waals surface area contributed by atoms with Gasteiger partial charge in [0.1, 0.15) is 25.9 Å². The van der Waals surface area contributed by atoms with Crippen LogP contribution in [0.1, 0.15) is 16.1 Å². The van der Waals surface area contributed by atoms with Crippen LogP contribution < -0.4 is 14.2 Å². The average molecular weight is 416 g/mol. The van der Waals surface area contributed by atoms with Crippen LogP contribution in [-0.2, 0) is 4.74 Å². The summed E-state index contributed by atoms with van der Waals surface area (Å²) in [7, 11) is 0. The Bertz CT molecular complexity index is 854. The van der Waals surface area contributed by atoms with Crippen molar-refractivity contribution >= 4 is 5.91 Å². The maximum atomic E-state index is 12.6. The van der Waals surface area contributed by atoms with E-state index in [4.69, 9.17) is 23.4 Å². The number of ether oxygens (including phenoxy) is 4. The van der Waals surface area contributed by atoms with Crippen LogP contribution in [0.15, 0.2) is 42.1 Å². The monoisotopic (exact) mass is 416 g/mol. The van der Waals surface area contributed by atoms with Crippen molar-refractivity contribution in [2.75, 3.05) is 39.5 Å². The van der Waals surface area contributed by atoms with E-state index in [1.54, 1.807) is 23.1 Å². The highest BCUT2D eigenvalue weighted by Gasteiger charge is 2.28. The maximum absolute atomic E-state index is 12.6. The van der Waals surface area contributed by atoms with Gasteiger partial charge in [0.05, 0.1) is 19.4 Å². The second kappa shape index (κ2) is 10.4. The average Bonchev–Trinajstić information content (AvgIpc) is 3.20. The molecule has 0 aromatic carbocycles. The Kier molecular flexibility index (Phi) is 7.39. The standard InChI is InChI=1S/C20H24N4O6/c1-4-8-28-18-21-19(29-9-5-2)23-20(22-18)30-13-15-12-24(7-11-26-15)17(25)16-14(3)6-10-27-16/h4-6,10,15H,1-2,7-9,11-13H2,3H3. The van der Waals surface area contributed by atoms with Crippen LogP contribution >= 0.6 is 0 Å².